The molecule has 2 aromatic carbocycles. The van der Waals surface area contributed by atoms with Gasteiger partial charge in [0.2, 0.25) is 0 Å². The Balaban J connectivity index is 0.000000980. The number of rotatable bonds is 1. The van der Waals surface area contributed by atoms with Gasteiger partial charge in [-0.2, -0.15) is 0 Å². The topological polar surface area (TPSA) is 0 Å². The van der Waals surface area contributed by atoms with Gasteiger partial charge in [-0.15, -0.1) is 0 Å². The summed E-state index contributed by atoms with van der Waals surface area (Å²) in [7, 11) is 0. The van der Waals surface area contributed by atoms with Crippen LogP contribution in [-0.4, -0.2) is 37.7 Å². The molecular weight excluding hydrogens is 170 g/mol. The zero-order valence-corrected chi connectivity index (χ0v) is 9.75. The summed E-state index contributed by atoms with van der Waals surface area (Å²) < 4.78 is 0. The van der Waals surface area contributed by atoms with Crippen molar-refractivity contribution in [3.63, 3.8) is 0 Å². The molecule has 0 saturated heterocycles. The number of benzene rings is 2. The molecule has 0 bridgehead atoms. The van der Waals surface area contributed by atoms with E-state index in [1.165, 1.54) is 16.3 Å². The van der Waals surface area contributed by atoms with Gasteiger partial charge in [0.15, 0.2) is 0 Å². The Kier molecular flexibility index (Phi) is 6.12. The normalized spacial score (nSPS) is 8.87. The minimum atomic E-state index is 0. The Hall–Kier alpha value is -0.365. The zero-order valence-electron chi connectivity index (χ0n) is 9.75. The molecule has 0 heterocycles. The van der Waals surface area contributed by atoms with Crippen LogP contribution in [-0.2, 0) is 0 Å². The van der Waals surface area contributed by atoms with E-state index >= 15 is 0 Å². The largest absolute Gasteiger partial charge is 0.0955 e. The molecular formula is C13H12Li2. The second-order valence-electron chi connectivity index (χ2n) is 3.31. The summed E-state index contributed by atoms with van der Waals surface area (Å²) in [5.41, 5.74) is 2.37. The number of hydrogen-bond donors (Lipinski definition) is 0. The van der Waals surface area contributed by atoms with Gasteiger partial charge >= 0.3 is 0 Å². The van der Waals surface area contributed by atoms with Crippen molar-refractivity contribution in [2.75, 3.05) is 0 Å². The minimum Gasteiger partial charge on any atom is -0.0955 e. The summed E-state index contributed by atoms with van der Waals surface area (Å²) in [5, 5.41) is 2.57. The quantitative estimate of drug-likeness (QED) is 0.594. The molecule has 15 heavy (non-hydrogen) atoms. The maximum atomic E-state index is 3.98. The van der Waals surface area contributed by atoms with Crippen molar-refractivity contribution in [1.29, 1.82) is 0 Å². The Labute approximate surface area is 115 Å². The maximum absolute atomic E-state index is 3.98. The molecule has 0 aromatic heterocycles. The predicted molar refractivity (Wildman–Crippen MR) is 70.2 cm³/mol. The first-order valence-corrected chi connectivity index (χ1v) is 4.42. The van der Waals surface area contributed by atoms with Crippen molar-refractivity contribution in [2.24, 2.45) is 0 Å². The Bertz CT molecular complexity index is 456. The van der Waals surface area contributed by atoms with Crippen LogP contribution < -0.4 is 0 Å². The molecule has 66 valence electrons. The Morgan fingerprint density at radius 1 is 0.933 bits per heavy atom. The third kappa shape index (κ3) is 3.04. The van der Waals surface area contributed by atoms with Crippen LogP contribution >= 0.6 is 0 Å². The maximum Gasteiger partial charge on any atom is 0 e. The SMILES string of the molecule is C=C(C)c1cccc2ccccc12.[Li].[Li]. The molecule has 0 nitrogen and oxygen atoms in total. The van der Waals surface area contributed by atoms with Crippen LogP contribution in [0, 0.1) is 0 Å². The third-order valence-corrected chi connectivity index (χ3v) is 2.25. The van der Waals surface area contributed by atoms with Crippen LogP contribution in [0.25, 0.3) is 16.3 Å². The summed E-state index contributed by atoms with van der Waals surface area (Å²) in [6, 6.07) is 14.7. The van der Waals surface area contributed by atoms with Gasteiger partial charge in [0.25, 0.3) is 0 Å². The second kappa shape index (κ2) is 6.27. The standard InChI is InChI=1S/C13H12.2Li/c1-10(2)12-9-5-7-11-6-3-4-8-13(11)12;;/h3-9H,1H2,2H3;;. The van der Waals surface area contributed by atoms with Gasteiger partial charge < -0.3 is 0 Å². The first-order chi connectivity index (χ1) is 6.29. The van der Waals surface area contributed by atoms with E-state index in [1.54, 1.807) is 0 Å². The van der Waals surface area contributed by atoms with Gasteiger partial charge in [-0.3, -0.25) is 0 Å². The fourth-order valence-corrected chi connectivity index (χ4v) is 1.60. The van der Waals surface area contributed by atoms with Gasteiger partial charge in [-0.1, -0.05) is 54.6 Å². The molecule has 0 aliphatic carbocycles. The summed E-state index contributed by atoms with van der Waals surface area (Å²) in [4.78, 5) is 0. The molecule has 0 atom stereocenters. The molecule has 0 saturated carbocycles. The molecule has 2 aromatic rings. The van der Waals surface area contributed by atoms with Crippen molar-refractivity contribution in [3.05, 3.63) is 54.6 Å². The van der Waals surface area contributed by atoms with Gasteiger partial charge in [-0.05, 0) is 23.3 Å². The smallest absolute Gasteiger partial charge is 0 e. The molecule has 2 heteroatoms. The van der Waals surface area contributed by atoms with E-state index in [9.17, 15) is 0 Å². The average Bonchev–Trinajstić information content (AvgIpc) is 2.17. The Morgan fingerprint density at radius 3 is 2.20 bits per heavy atom. The number of allylic oxidation sites excluding steroid dienone is 1. The van der Waals surface area contributed by atoms with E-state index < -0.39 is 0 Å². The van der Waals surface area contributed by atoms with Crippen LogP contribution in [0.4, 0.5) is 0 Å². The molecule has 0 aliphatic heterocycles. The fourth-order valence-electron chi connectivity index (χ4n) is 1.60. The van der Waals surface area contributed by atoms with Crippen molar-refractivity contribution in [1.82, 2.24) is 0 Å². The molecule has 0 unspecified atom stereocenters. The molecule has 0 fully saturated rings. The van der Waals surface area contributed by atoms with Crippen molar-refractivity contribution < 1.29 is 0 Å². The van der Waals surface area contributed by atoms with Crippen molar-refractivity contribution in [3.8, 4) is 0 Å². The average molecular weight is 182 g/mol. The second-order valence-corrected chi connectivity index (χ2v) is 3.31. The van der Waals surface area contributed by atoms with Gasteiger partial charge in [0.1, 0.15) is 0 Å². The van der Waals surface area contributed by atoms with Gasteiger partial charge in [0, 0.05) is 37.7 Å². The van der Waals surface area contributed by atoms with Gasteiger partial charge in [-0.25, -0.2) is 0 Å². The van der Waals surface area contributed by atoms with E-state index in [4.69, 9.17) is 0 Å². The van der Waals surface area contributed by atoms with Crippen LogP contribution in [0.2, 0.25) is 0 Å². The van der Waals surface area contributed by atoms with Crippen molar-refractivity contribution >= 4 is 54.1 Å². The third-order valence-electron chi connectivity index (χ3n) is 2.25. The molecule has 0 spiro atoms. The van der Waals surface area contributed by atoms with Crippen LogP contribution in [0.3, 0.4) is 0 Å². The Morgan fingerprint density at radius 2 is 1.53 bits per heavy atom. The summed E-state index contributed by atoms with van der Waals surface area (Å²) >= 11 is 0. The van der Waals surface area contributed by atoms with E-state index in [2.05, 4.69) is 49.0 Å². The molecule has 0 N–H and O–H groups in total. The summed E-state index contributed by atoms with van der Waals surface area (Å²) in [6.07, 6.45) is 0. The molecule has 2 radical (unpaired) electrons. The van der Waals surface area contributed by atoms with Crippen molar-refractivity contribution in [2.45, 2.75) is 6.92 Å². The van der Waals surface area contributed by atoms with E-state index in [0.29, 0.717) is 0 Å². The first kappa shape index (κ1) is 14.6. The first-order valence-electron chi connectivity index (χ1n) is 4.42. The van der Waals surface area contributed by atoms with Crippen LogP contribution in [0.1, 0.15) is 12.5 Å². The minimum absolute atomic E-state index is 0. The number of fused-ring (bicyclic) bond motifs is 1. The molecule has 0 aliphatic rings. The summed E-state index contributed by atoms with van der Waals surface area (Å²) in [6.45, 7) is 6.02. The van der Waals surface area contributed by atoms with E-state index in [1.807, 2.05) is 6.92 Å². The molecule has 2 rings (SSSR count). The van der Waals surface area contributed by atoms with E-state index in [0.717, 1.165) is 5.57 Å². The number of hydrogen-bond acceptors (Lipinski definition) is 0. The van der Waals surface area contributed by atoms with E-state index in [-0.39, 0.29) is 37.7 Å². The zero-order chi connectivity index (χ0) is 9.26. The van der Waals surface area contributed by atoms with Crippen LogP contribution in [0.15, 0.2) is 49.0 Å². The monoisotopic (exact) mass is 182 g/mol. The van der Waals surface area contributed by atoms with Gasteiger partial charge in [0.05, 0.1) is 0 Å². The molecule has 0 amide bonds. The fraction of sp³-hybridized carbons (Fsp3) is 0.0769. The van der Waals surface area contributed by atoms with Crippen LogP contribution in [0.5, 0.6) is 0 Å². The summed E-state index contributed by atoms with van der Waals surface area (Å²) in [5.74, 6) is 0. The predicted octanol–water partition coefficient (Wildman–Crippen LogP) is 3.11.